The molecule has 0 saturated heterocycles. The first-order chi connectivity index (χ1) is 8.09. The fourth-order valence-corrected chi connectivity index (χ4v) is 2.34. The number of aliphatic carboxylic acids is 1. The Labute approximate surface area is 113 Å². The van der Waals surface area contributed by atoms with E-state index in [4.69, 9.17) is 9.84 Å². The van der Waals surface area contributed by atoms with E-state index in [1.807, 2.05) is 36.4 Å². The van der Waals surface area contributed by atoms with Crippen LogP contribution in [0, 0.1) is 3.57 Å². The lowest BCUT2D eigenvalue weighted by Crippen LogP contribution is -2.23. The molecule has 0 aliphatic carbocycles. The number of rotatable bonds is 3. The van der Waals surface area contributed by atoms with Crippen LogP contribution >= 0.6 is 22.6 Å². The number of carbonyl (C=O) groups is 1. The zero-order valence-electron chi connectivity index (χ0n) is 9.18. The van der Waals surface area contributed by atoms with E-state index in [-0.39, 0.29) is 0 Å². The summed E-state index contributed by atoms with van der Waals surface area (Å²) in [6.07, 6.45) is -0.843. The van der Waals surface area contributed by atoms with Crippen molar-refractivity contribution >= 4 is 39.3 Å². The number of carboxylic acids is 1. The van der Waals surface area contributed by atoms with E-state index in [1.165, 1.54) is 6.92 Å². The van der Waals surface area contributed by atoms with E-state index in [1.54, 1.807) is 0 Å². The lowest BCUT2D eigenvalue weighted by Gasteiger charge is -2.13. The summed E-state index contributed by atoms with van der Waals surface area (Å²) in [7, 11) is 0. The van der Waals surface area contributed by atoms with Crippen molar-refractivity contribution in [2.24, 2.45) is 0 Å². The van der Waals surface area contributed by atoms with Crippen molar-refractivity contribution < 1.29 is 14.6 Å². The number of halogens is 1. The second-order valence-corrected chi connectivity index (χ2v) is 4.78. The predicted octanol–water partition coefficient (Wildman–Crippen LogP) is 3.30. The molecule has 0 aliphatic rings. The van der Waals surface area contributed by atoms with Gasteiger partial charge in [0, 0.05) is 0 Å². The standard InChI is InChI=1S/C13H11IO3/c1-8(13(15)16)17-11-7-6-9-4-2-3-5-10(9)12(11)14/h2-8H,1H3,(H,15,16)/t8-/m0/s1. The first-order valence-corrected chi connectivity index (χ1v) is 6.24. The van der Waals surface area contributed by atoms with E-state index in [2.05, 4.69) is 22.6 Å². The summed E-state index contributed by atoms with van der Waals surface area (Å²) < 4.78 is 6.35. The van der Waals surface area contributed by atoms with Crippen LogP contribution in [0.15, 0.2) is 36.4 Å². The molecule has 88 valence electrons. The van der Waals surface area contributed by atoms with Gasteiger partial charge in [0.05, 0.1) is 3.57 Å². The van der Waals surface area contributed by atoms with Crippen molar-refractivity contribution in [3.63, 3.8) is 0 Å². The van der Waals surface area contributed by atoms with E-state index in [0.717, 1.165) is 14.3 Å². The molecule has 4 heteroatoms. The lowest BCUT2D eigenvalue weighted by molar-refractivity contribution is -0.144. The zero-order valence-corrected chi connectivity index (χ0v) is 11.3. The second kappa shape index (κ2) is 4.91. The van der Waals surface area contributed by atoms with Crippen LogP contribution in [0.2, 0.25) is 0 Å². The molecule has 0 bridgehead atoms. The van der Waals surface area contributed by atoms with Gasteiger partial charge in [-0.25, -0.2) is 4.79 Å². The molecule has 0 fully saturated rings. The normalized spacial score (nSPS) is 12.4. The van der Waals surface area contributed by atoms with Crippen LogP contribution in [0.25, 0.3) is 10.8 Å². The average molecular weight is 342 g/mol. The number of carboxylic acid groups (broad SMARTS) is 1. The Morgan fingerprint density at radius 3 is 2.71 bits per heavy atom. The van der Waals surface area contributed by atoms with Gasteiger partial charge in [0.25, 0.3) is 0 Å². The molecule has 0 unspecified atom stereocenters. The number of fused-ring (bicyclic) bond motifs is 1. The third kappa shape index (κ3) is 2.52. The number of hydrogen-bond donors (Lipinski definition) is 1. The molecular weight excluding hydrogens is 331 g/mol. The molecule has 0 heterocycles. The van der Waals surface area contributed by atoms with Gasteiger partial charge in [-0.1, -0.05) is 30.3 Å². The molecule has 3 nitrogen and oxygen atoms in total. The maximum absolute atomic E-state index is 10.8. The summed E-state index contributed by atoms with van der Waals surface area (Å²) in [5, 5.41) is 11.0. The summed E-state index contributed by atoms with van der Waals surface area (Å²) in [5.74, 6) is -0.354. The molecule has 0 radical (unpaired) electrons. The van der Waals surface area contributed by atoms with Crippen molar-refractivity contribution in [1.82, 2.24) is 0 Å². The van der Waals surface area contributed by atoms with Crippen LogP contribution in [0.1, 0.15) is 6.92 Å². The molecule has 0 amide bonds. The van der Waals surface area contributed by atoms with Crippen molar-refractivity contribution in [2.75, 3.05) is 0 Å². The van der Waals surface area contributed by atoms with Crippen LogP contribution < -0.4 is 4.74 Å². The van der Waals surface area contributed by atoms with Gasteiger partial charge in [-0.05, 0) is 46.4 Å². The minimum absolute atomic E-state index is 0.610. The van der Waals surface area contributed by atoms with Gasteiger partial charge in [-0.2, -0.15) is 0 Å². The highest BCUT2D eigenvalue weighted by atomic mass is 127. The number of ether oxygens (including phenoxy) is 1. The molecule has 2 rings (SSSR count). The summed E-state index contributed by atoms with van der Waals surface area (Å²) in [5.41, 5.74) is 0. The molecule has 1 atom stereocenters. The number of benzene rings is 2. The van der Waals surface area contributed by atoms with E-state index >= 15 is 0 Å². The molecule has 0 aromatic heterocycles. The van der Waals surface area contributed by atoms with E-state index < -0.39 is 12.1 Å². The summed E-state index contributed by atoms with van der Waals surface area (Å²) in [4.78, 5) is 10.8. The monoisotopic (exact) mass is 342 g/mol. The minimum atomic E-state index is -0.964. The van der Waals surface area contributed by atoms with E-state index in [9.17, 15) is 4.79 Å². The second-order valence-electron chi connectivity index (χ2n) is 3.70. The third-order valence-corrected chi connectivity index (χ3v) is 3.59. The molecule has 0 saturated carbocycles. The lowest BCUT2D eigenvalue weighted by atomic mass is 10.1. The van der Waals surface area contributed by atoms with Gasteiger partial charge < -0.3 is 9.84 Å². The Balaban J connectivity index is 2.42. The number of hydrogen-bond acceptors (Lipinski definition) is 2. The summed E-state index contributed by atoms with van der Waals surface area (Å²) in [6.45, 7) is 1.52. The van der Waals surface area contributed by atoms with Crippen molar-refractivity contribution in [2.45, 2.75) is 13.0 Å². The molecule has 0 aliphatic heterocycles. The highest BCUT2D eigenvalue weighted by Gasteiger charge is 2.15. The van der Waals surface area contributed by atoms with Crippen molar-refractivity contribution in [3.05, 3.63) is 40.0 Å². The fourth-order valence-electron chi connectivity index (χ4n) is 1.55. The SMILES string of the molecule is C[C@H](Oc1ccc2ccccc2c1I)C(=O)O. The van der Waals surface area contributed by atoms with Gasteiger partial charge in [0.2, 0.25) is 0 Å². The van der Waals surface area contributed by atoms with Crippen LogP contribution in [-0.2, 0) is 4.79 Å². The molecule has 17 heavy (non-hydrogen) atoms. The van der Waals surface area contributed by atoms with Gasteiger partial charge in [0.1, 0.15) is 5.75 Å². The third-order valence-electron chi connectivity index (χ3n) is 2.48. The molecule has 2 aromatic carbocycles. The Bertz CT molecular complexity index is 566. The zero-order chi connectivity index (χ0) is 12.4. The first kappa shape index (κ1) is 12.2. The van der Waals surface area contributed by atoms with Gasteiger partial charge >= 0.3 is 5.97 Å². The fraction of sp³-hybridized carbons (Fsp3) is 0.154. The Kier molecular flexibility index (Phi) is 3.51. The van der Waals surface area contributed by atoms with Gasteiger partial charge in [0.15, 0.2) is 6.10 Å². The topological polar surface area (TPSA) is 46.5 Å². The average Bonchev–Trinajstić information content (AvgIpc) is 2.33. The smallest absolute Gasteiger partial charge is 0.344 e. The maximum Gasteiger partial charge on any atom is 0.344 e. The van der Waals surface area contributed by atoms with E-state index in [0.29, 0.717) is 5.75 Å². The van der Waals surface area contributed by atoms with Gasteiger partial charge in [-0.3, -0.25) is 0 Å². The quantitative estimate of drug-likeness (QED) is 0.871. The highest BCUT2D eigenvalue weighted by molar-refractivity contribution is 14.1. The summed E-state index contributed by atoms with van der Waals surface area (Å²) in [6, 6.07) is 11.7. The molecule has 0 spiro atoms. The Hall–Kier alpha value is -1.30. The van der Waals surface area contributed by atoms with Crippen LogP contribution in [0.3, 0.4) is 0 Å². The first-order valence-electron chi connectivity index (χ1n) is 5.16. The largest absolute Gasteiger partial charge is 0.479 e. The van der Waals surface area contributed by atoms with Crippen LogP contribution in [-0.4, -0.2) is 17.2 Å². The minimum Gasteiger partial charge on any atom is -0.479 e. The summed E-state index contributed by atoms with van der Waals surface area (Å²) >= 11 is 2.18. The van der Waals surface area contributed by atoms with Crippen molar-refractivity contribution in [1.29, 1.82) is 0 Å². The van der Waals surface area contributed by atoms with Crippen LogP contribution in [0.4, 0.5) is 0 Å². The van der Waals surface area contributed by atoms with Crippen LogP contribution in [0.5, 0.6) is 5.75 Å². The molecule has 2 aromatic rings. The highest BCUT2D eigenvalue weighted by Crippen LogP contribution is 2.29. The Morgan fingerprint density at radius 1 is 1.29 bits per heavy atom. The van der Waals surface area contributed by atoms with Crippen molar-refractivity contribution in [3.8, 4) is 5.75 Å². The molecule has 1 N–H and O–H groups in total. The van der Waals surface area contributed by atoms with Gasteiger partial charge in [-0.15, -0.1) is 0 Å². The predicted molar refractivity (Wildman–Crippen MR) is 74.4 cm³/mol. The maximum atomic E-state index is 10.8. The Morgan fingerprint density at radius 2 is 2.00 bits per heavy atom. The molecular formula is C13H11IO3.